The van der Waals surface area contributed by atoms with E-state index >= 15 is 0 Å². The number of carboxylic acids is 1. The summed E-state index contributed by atoms with van der Waals surface area (Å²) in [6.07, 6.45) is 0. The van der Waals surface area contributed by atoms with Gasteiger partial charge in [-0.15, -0.1) is 0 Å². The van der Waals surface area contributed by atoms with Crippen molar-refractivity contribution in [2.75, 3.05) is 7.11 Å². The summed E-state index contributed by atoms with van der Waals surface area (Å²) in [7, 11) is 1.18. The van der Waals surface area contributed by atoms with Crippen LogP contribution in [0.4, 0.5) is 8.78 Å². The van der Waals surface area contributed by atoms with Crippen LogP contribution in [0.25, 0.3) is 11.3 Å². The first kappa shape index (κ1) is 13.3. The Hall–Kier alpha value is -2.15. The lowest BCUT2D eigenvalue weighted by Gasteiger charge is -2.09. The number of ether oxygens (including phenoxy) is 1. The quantitative estimate of drug-likeness (QED) is 0.852. The second kappa shape index (κ2) is 4.85. The van der Waals surface area contributed by atoms with E-state index in [9.17, 15) is 13.6 Å². The zero-order chi connectivity index (χ0) is 14.2. The maximum Gasteiger partial charge on any atom is 0.353 e. The number of methoxy groups -OCH3 is 1. The van der Waals surface area contributed by atoms with Crippen molar-refractivity contribution >= 4 is 17.6 Å². The van der Waals surface area contributed by atoms with Gasteiger partial charge in [0, 0.05) is 0 Å². The van der Waals surface area contributed by atoms with Crippen molar-refractivity contribution in [1.29, 1.82) is 0 Å². The van der Waals surface area contributed by atoms with Crippen LogP contribution in [0.2, 0.25) is 5.02 Å². The molecule has 0 saturated carbocycles. The first-order valence-electron chi connectivity index (χ1n) is 4.96. The number of nitrogens with one attached hydrogen (secondary N) is 1. The molecule has 0 amide bonds. The molecule has 2 N–H and O–H groups in total. The summed E-state index contributed by atoms with van der Waals surface area (Å²) in [5.74, 6) is -3.61. The Morgan fingerprint density at radius 1 is 1.47 bits per heavy atom. The molecule has 0 aliphatic heterocycles. The van der Waals surface area contributed by atoms with Gasteiger partial charge in [0.15, 0.2) is 11.6 Å². The maximum atomic E-state index is 13.7. The standard InChI is InChI=1S/C11H7ClF2N2O3/c1-19-10-4(2-5(13)8(12)9(10)14)6-3-7(11(17)18)16-15-6/h2-3H,1H3,(H,15,16)(H,17,18). The molecule has 0 radical (unpaired) electrons. The number of carboxylic acid groups (broad SMARTS) is 1. The number of aromatic carboxylic acids is 1. The normalized spacial score (nSPS) is 10.5. The lowest BCUT2D eigenvalue weighted by atomic mass is 10.1. The zero-order valence-corrected chi connectivity index (χ0v) is 10.3. The van der Waals surface area contributed by atoms with Crippen molar-refractivity contribution in [2.24, 2.45) is 0 Å². The predicted molar refractivity (Wildman–Crippen MR) is 62.5 cm³/mol. The van der Waals surface area contributed by atoms with Crippen LogP contribution in [0.15, 0.2) is 12.1 Å². The number of carbonyl (C=O) groups is 1. The molecule has 0 bridgehead atoms. The van der Waals surface area contributed by atoms with Gasteiger partial charge in [-0.3, -0.25) is 5.10 Å². The second-order valence-electron chi connectivity index (χ2n) is 3.54. The van der Waals surface area contributed by atoms with Gasteiger partial charge in [-0.2, -0.15) is 5.10 Å². The van der Waals surface area contributed by atoms with Gasteiger partial charge < -0.3 is 9.84 Å². The highest BCUT2D eigenvalue weighted by molar-refractivity contribution is 6.31. The summed E-state index contributed by atoms with van der Waals surface area (Å²) in [5.41, 5.74) is -0.220. The molecule has 0 atom stereocenters. The molecule has 0 spiro atoms. The zero-order valence-electron chi connectivity index (χ0n) is 9.50. The Morgan fingerprint density at radius 3 is 2.68 bits per heavy atom. The Labute approximate surface area is 110 Å². The van der Waals surface area contributed by atoms with E-state index in [0.717, 1.165) is 12.1 Å². The summed E-state index contributed by atoms with van der Waals surface area (Å²) in [5, 5.41) is 13.9. The van der Waals surface area contributed by atoms with Crippen LogP contribution < -0.4 is 4.74 Å². The summed E-state index contributed by atoms with van der Waals surface area (Å²) in [4.78, 5) is 10.7. The summed E-state index contributed by atoms with van der Waals surface area (Å²) < 4.78 is 32.0. The molecular formula is C11H7ClF2N2O3. The van der Waals surface area contributed by atoms with Crippen molar-refractivity contribution in [3.05, 3.63) is 34.5 Å². The summed E-state index contributed by atoms with van der Waals surface area (Å²) in [6.45, 7) is 0. The highest BCUT2D eigenvalue weighted by Crippen LogP contribution is 2.36. The molecule has 2 aromatic rings. The van der Waals surface area contributed by atoms with E-state index < -0.39 is 22.6 Å². The average Bonchev–Trinajstić information content (AvgIpc) is 2.85. The molecular weight excluding hydrogens is 282 g/mol. The number of hydrogen-bond acceptors (Lipinski definition) is 3. The largest absolute Gasteiger partial charge is 0.493 e. The van der Waals surface area contributed by atoms with Crippen LogP contribution >= 0.6 is 11.6 Å². The second-order valence-corrected chi connectivity index (χ2v) is 3.92. The molecule has 0 unspecified atom stereocenters. The minimum atomic E-state index is -1.24. The molecule has 0 aliphatic carbocycles. The number of hydrogen-bond donors (Lipinski definition) is 2. The van der Waals surface area contributed by atoms with E-state index in [1.807, 2.05) is 0 Å². The van der Waals surface area contributed by atoms with Crippen LogP contribution in [0, 0.1) is 11.6 Å². The number of rotatable bonds is 3. The summed E-state index contributed by atoms with van der Waals surface area (Å²) >= 11 is 5.42. The number of halogens is 3. The third kappa shape index (κ3) is 2.24. The molecule has 0 aliphatic rings. The van der Waals surface area contributed by atoms with Crippen molar-refractivity contribution in [2.45, 2.75) is 0 Å². The van der Waals surface area contributed by atoms with Crippen LogP contribution in [-0.2, 0) is 0 Å². The minimum absolute atomic E-state index is 0.0312. The number of benzene rings is 1. The fourth-order valence-electron chi connectivity index (χ4n) is 1.54. The van der Waals surface area contributed by atoms with Crippen molar-refractivity contribution in [3.8, 4) is 17.0 Å². The lowest BCUT2D eigenvalue weighted by Crippen LogP contribution is -1.96. The fourth-order valence-corrected chi connectivity index (χ4v) is 1.68. The monoisotopic (exact) mass is 288 g/mol. The molecule has 8 heteroatoms. The van der Waals surface area contributed by atoms with E-state index in [0.29, 0.717) is 0 Å². The fraction of sp³-hybridized carbons (Fsp3) is 0.0909. The van der Waals surface area contributed by atoms with Gasteiger partial charge in [0.25, 0.3) is 0 Å². The summed E-state index contributed by atoms with van der Waals surface area (Å²) in [6, 6.07) is 2.05. The topological polar surface area (TPSA) is 75.2 Å². The third-order valence-corrected chi connectivity index (χ3v) is 2.75. The number of aromatic amines is 1. The van der Waals surface area contributed by atoms with Gasteiger partial charge in [0.1, 0.15) is 16.5 Å². The number of H-pyrrole nitrogens is 1. The molecule has 100 valence electrons. The van der Waals surface area contributed by atoms with Gasteiger partial charge in [-0.25, -0.2) is 13.6 Å². The SMILES string of the molecule is COc1c(-c2cc(C(=O)O)[nH]n2)cc(F)c(Cl)c1F. The number of nitrogens with zero attached hydrogens (tertiary/aromatic N) is 1. The first-order chi connectivity index (χ1) is 8.95. The van der Waals surface area contributed by atoms with E-state index in [2.05, 4.69) is 10.2 Å². The maximum absolute atomic E-state index is 13.7. The van der Waals surface area contributed by atoms with Gasteiger partial charge in [-0.1, -0.05) is 11.6 Å². The Morgan fingerprint density at radius 2 is 2.16 bits per heavy atom. The van der Waals surface area contributed by atoms with E-state index in [4.69, 9.17) is 21.4 Å². The molecule has 5 nitrogen and oxygen atoms in total. The highest BCUT2D eigenvalue weighted by atomic mass is 35.5. The molecule has 2 rings (SSSR count). The van der Waals surface area contributed by atoms with E-state index in [1.54, 1.807) is 0 Å². The average molecular weight is 289 g/mol. The van der Waals surface area contributed by atoms with Crippen LogP contribution in [-0.4, -0.2) is 28.4 Å². The third-order valence-electron chi connectivity index (χ3n) is 2.41. The minimum Gasteiger partial charge on any atom is -0.493 e. The van der Waals surface area contributed by atoms with Crippen molar-refractivity contribution < 1.29 is 23.4 Å². The molecule has 1 aromatic carbocycles. The first-order valence-corrected chi connectivity index (χ1v) is 5.34. The molecule has 0 saturated heterocycles. The molecule has 1 heterocycles. The van der Waals surface area contributed by atoms with Crippen molar-refractivity contribution in [3.63, 3.8) is 0 Å². The van der Waals surface area contributed by atoms with Gasteiger partial charge >= 0.3 is 5.97 Å². The molecule has 19 heavy (non-hydrogen) atoms. The lowest BCUT2D eigenvalue weighted by molar-refractivity contribution is 0.0690. The van der Waals surface area contributed by atoms with Crippen LogP contribution in [0.5, 0.6) is 5.75 Å². The molecule has 0 fully saturated rings. The van der Waals surface area contributed by atoms with Gasteiger partial charge in [0.05, 0.1) is 18.4 Å². The van der Waals surface area contributed by atoms with E-state index in [1.165, 1.54) is 7.11 Å². The smallest absolute Gasteiger partial charge is 0.353 e. The highest BCUT2D eigenvalue weighted by Gasteiger charge is 2.21. The van der Waals surface area contributed by atoms with Crippen molar-refractivity contribution in [1.82, 2.24) is 10.2 Å². The number of aromatic nitrogens is 2. The van der Waals surface area contributed by atoms with Crippen LogP contribution in [0.3, 0.4) is 0 Å². The van der Waals surface area contributed by atoms with Gasteiger partial charge in [-0.05, 0) is 12.1 Å². The van der Waals surface area contributed by atoms with E-state index in [-0.39, 0.29) is 22.7 Å². The molecule has 1 aromatic heterocycles. The Bertz CT molecular complexity index is 658. The van der Waals surface area contributed by atoms with Crippen LogP contribution in [0.1, 0.15) is 10.5 Å². The predicted octanol–water partition coefficient (Wildman–Crippen LogP) is 2.72. The van der Waals surface area contributed by atoms with Gasteiger partial charge in [0.2, 0.25) is 0 Å². The Balaban J connectivity index is 2.63. The Kier molecular flexibility index (Phi) is 3.39.